The molecule has 0 amide bonds. The van der Waals surface area contributed by atoms with Crippen LogP contribution in [0.4, 0.5) is 5.69 Å². The van der Waals surface area contributed by atoms with Crippen LogP contribution in [0.5, 0.6) is 0 Å². The molecule has 0 spiro atoms. The average Bonchev–Trinajstić information content (AvgIpc) is 3.22. The van der Waals surface area contributed by atoms with Gasteiger partial charge < -0.3 is 4.57 Å². The van der Waals surface area contributed by atoms with Crippen molar-refractivity contribution in [2.24, 2.45) is 7.05 Å². The first kappa shape index (κ1) is 15.3. The fourth-order valence-electron chi connectivity index (χ4n) is 2.58. The van der Waals surface area contributed by atoms with Crippen LogP contribution in [0.1, 0.15) is 0 Å². The van der Waals surface area contributed by atoms with Crippen LogP contribution in [0.3, 0.4) is 0 Å². The van der Waals surface area contributed by atoms with Crippen molar-refractivity contribution in [2.45, 2.75) is 16.6 Å². The normalized spacial score (nSPS) is 13.9. The number of nitrogens with one attached hydrogen (secondary N) is 1. The highest BCUT2D eigenvalue weighted by Crippen LogP contribution is 2.33. The lowest BCUT2D eigenvalue weighted by atomic mass is 10.1. The summed E-state index contributed by atoms with van der Waals surface area (Å²) in [6.45, 7) is 0.927. The first-order valence-corrected chi connectivity index (χ1v) is 9.81. The number of imidazole rings is 1. The van der Waals surface area contributed by atoms with Crippen LogP contribution in [-0.4, -0.2) is 33.5 Å². The van der Waals surface area contributed by atoms with Gasteiger partial charge in [0.25, 0.3) is 10.0 Å². The summed E-state index contributed by atoms with van der Waals surface area (Å²) in [4.78, 5) is 4.73. The monoisotopic (exact) mass is 361 g/mol. The number of para-hydroxylation sites is 1. The highest BCUT2D eigenvalue weighted by Gasteiger charge is 2.21. The van der Waals surface area contributed by atoms with E-state index in [1.54, 1.807) is 30.9 Å². The summed E-state index contributed by atoms with van der Waals surface area (Å²) in [7, 11) is -2.01. The van der Waals surface area contributed by atoms with Crippen molar-refractivity contribution in [3.05, 3.63) is 42.9 Å². The molecular weight excluding hydrogens is 346 g/mol. The minimum atomic E-state index is -3.69. The fraction of sp³-hybridized carbons (Fsp3) is 0.200. The number of thioether (sulfide) groups is 1. The highest BCUT2D eigenvalue weighted by atomic mass is 32.2. The predicted octanol–water partition coefficient (Wildman–Crippen LogP) is 2.19. The van der Waals surface area contributed by atoms with E-state index in [1.165, 1.54) is 17.1 Å². The van der Waals surface area contributed by atoms with Gasteiger partial charge in [-0.3, -0.25) is 9.40 Å². The Morgan fingerprint density at radius 3 is 2.83 bits per heavy atom. The molecule has 0 atom stereocenters. The first-order chi connectivity index (χ1) is 11.5. The Balaban J connectivity index is 1.71. The van der Waals surface area contributed by atoms with Gasteiger partial charge >= 0.3 is 0 Å². The lowest BCUT2D eigenvalue weighted by molar-refractivity contribution is 0.601. The molecule has 0 saturated carbocycles. The van der Waals surface area contributed by atoms with Gasteiger partial charge in [-0.05, 0) is 6.07 Å². The average molecular weight is 361 g/mol. The molecule has 0 aliphatic carbocycles. The maximum absolute atomic E-state index is 12.5. The summed E-state index contributed by atoms with van der Waals surface area (Å²) in [6, 6.07) is 7.27. The number of benzene rings is 1. The Morgan fingerprint density at radius 1 is 1.25 bits per heavy atom. The molecule has 0 bridgehead atoms. The second-order valence-corrected chi connectivity index (χ2v) is 8.20. The summed E-state index contributed by atoms with van der Waals surface area (Å²) in [5, 5.41) is 4.89. The zero-order valence-corrected chi connectivity index (χ0v) is 14.5. The number of fused-ring (bicyclic) bond motifs is 1. The van der Waals surface area contributed by atoms with Crippen molar-refractivity contribution in [3.63, 3.8) is 0 Å². The van der Waals surface area contributed by atoms with Crippen LogP contribution in [0.2, 0.25) is 0 Å². The molecule has 1 aliphatic rings. The van der Waals surface area contributed by atoms with E-state index in [9.17, 15) is 8.42 Å². The van der Waals surface area contributed by atoms with E-state index >= 15 is 0 Å². The van der Waals surface area contributed by atoms with E-state index < -0.39 is 10.0 Å². The van der Waals surface area contributed by atoms with Gasteiger partial charge in [-0.1, -0.05) is 30.0 Å². The number of nitrogens with zero attached hydrogens (tertiary/aromatic N) is 4. The van der Waals surface area contributed by atoms with Crippen molar-refractivity contribution < 1.29 is 8.42 Å². The molecule has 3 heterocycles. The van der Waals surface area contributed by atoms with Crippen molar-refractivity contribution in [1.29, 1.82) is 0 Å². The van der Waals surface area contributed by atoms with Gasteiger partial charge in [0.05, 0.1) is 17.6 Å². The Labute approximate surface area is 143 Å². The topological polar surface area (TPSA) is 81.8 Å². The van der Waals surface area contributed by atoms with Gasteiger partial charge in [0.2, 0.25) is 0 Å². The maximum Gasteiger partial charge on any atom is 0.265 e. The molecule has 1 N–H and O–H groups in total. The zero-order valence-electron chi connectivity index (χ0n) is 12.9. The fourth-order valence-corrected chi connectivity index (χ4v) is 4.58. The largest absolute Gasteiger partial charge is 0.325 e. The molecule has 9 heteroatoms. The van der Waals surface area contributed by atoms with E-state index in [-0.39, 0.29) is 4.90 Å². The lowest BCUT2D eigenvalue weighted by Gasteiger charge is -2.10. The third-order valence-corrected chi connectivity index (χ3v) is 6.03. The summed E-state index contributed by atoms with van der Waals surface area (Å²) in [6.07, 6.45) is 4.76. The van der Waals surface area contributed by atoms with E-state index in [0.29, 0.717) is 5.69 Å². The molecule has 0 fully saturated rings. The number of anilines is 1. The third kappa shape index (κ3) is 2.69. The minimum Gasteiger partial charge on any atom is -0.325 e. The van der Waals surface area contributed by atoms with E-state index in [0.717, 1.165) is 28.7 Å². The molecule has 4 rings (SSSR count). The Hall–Kier alpha value is -2.26. The first-order valence-electron chi connectivity index (χ1n) is 7.34. The lowest BCUT2D eigenvalue weighted by Crippen LogP contribution is -2.13. The van der Waals surface area contributed by atoms with Gasteiger partial charge in [0.15, 0.2) is 5.16 Å². The molecule has 1 aromatic carbocycles. The molecule has 3 aromatic rings. The summed E-state index contributed by atoms with van der Waals surface area (Å²) in [5.41, 5.74) is 2.03. The van der Waals surface area contributed by atoms with Crippen LogP contribution in [0.15, 0.2) is 52.9 Å². The Bertz CT molecular complexity index is 985. The van der Waals surface area contributed by atoms with Gasteiger partial charge in [-0.2, -0.15) is 5.10 Å². The second-order valence-electron chi connectivity index (χ2n) is 5.45. The summed E-state index contributed by atoms with van der Waals surface area (Å²) in [5.74, 6) is 1.03. The predicted molar refractivity (Wildman–Crippen MR) is 92.4 cm³/mol. The minimum absolute atomic E-state index is 0.127. The third-order valence-electron chi connectivity index (χ3n) is 3.74. The summed E-state index contributed by atoms with van der Waals surface area (Å²) >= 11 is 1.70. The van der Waals surface area contributed by atoms with Crippen LogP contribution in [0, 0.1) is 0 Å². The van der Waals surface area contributed by atoms with Crippen molar-refractivity contribution in [2.75, 3.05) is 10.5 Å². The molecule has 2 aromatic heterocycles. The number of rotatable bonds is 4. The smallest absolute Gasteiger partial charge is 0.265 e. The maximum atomic E-state index is 12.5. The molecule has 124 valence electrons. The van der Waals surface area contributed by atoms with Crippen LogP contribution < -0.4 is 4.72 Å². The number of aryl methyl sites for hydroxylation is 2. The quantitative estimate of drug-likeness (QED) is 0.770. The molecular formula is C15H15N5O2S2. The zero-order chi connectivity index (χ0) is 16.7. The van der Waals surface area contributed by atoms with Crippen molar-refractivity contribution in [1.82, 2.24) is 19.3 Å². The Morgan fingerprint density at radius 2 is 2.08 bits per heavy atom. The standard InChI is InChI=1S/C15H15N5O2S2/c1-19-9-11(8-16-19)24(21,22)18-13-5-3-2-4-12(13)14-10-20-6-7-23-15(20)17-14/h2-5,8-10,18H,6-7H2,1H3. The van der Waals surface area contributed by atoms with Crippen LogP contribution in [-0.2, 0) is 23.6 Å². The number of hydrogen-bond acceptors (Lipinski definition) is 5. The number of sulfonamides is 1. The number of aromatic nitrogens is 4. The SMILES string of the molecule is Cn1cc(S(=O)(=O)Nc2ccccc2-c2cn3c(n2)SCC3)cn1. The van der Waals surface area contributed by atoms with Gasteiger partial charge in [-0.15, -0.1) is 0 Å². The summed E-state index contributed by atoms with van der Waals surface area (Å²) < 4.78 is 31.3. The number of hydrogen-bond donors (Lipinski definition) is 1. The molecule has 24 heavy (non-hydrogen) atoms. The molecule has 0 saturated heterocycles. The van der Waals surface area contributed by atoms with Gasteiger partial charge in [0, 0.05) is 37.3 Å². The van der Waals surface area contributed by atoms with Crippen molar-refractivity contribution in [3.8, 4) is 11.3 Å². The van der Waals surface area contributed by atoms with Crippen LogP contribution >= 0.6 is 11.8 Å². The molecule has 1 aliphatic heterocycles. The molecule has 7 nitrogen and oxygen atoms in total. The second kappa shape index (κ2) is 5.67. The van der Waals surface area contributed by atoms with Crippen molar-refractivity contribution >= 4 is 27.5 Å². The Kier molecular flexibility index (Phi) is 3.61. The van der Waals surface area contributed by atoms with E-state index in [2.05, 4.69) is 19.4 Å². The van der Waals surface area contributed by atoms with Gasteiger partial charge in [0.1, 0.15) is 4.90 Å². The van der Waals surface area contributed by atoms with Crippen LogP contribution in [0.25, 0.3) is 11.3 Å². The van der Waals surface area contributed by atoms with E-state index in [1.807, 2.05) is 18.3 Å². The molecule has 0 unspecified atom stereocenters. The van der Waals surface area contributed by atoms with E-state index in [4.69, 9.17) is 0 Å². The highest BCUT2D eigenvalue weighted by molar-refractivity contribution is 7.99. The van der Waals surface area contributed by atoms with Gasteiger partial charge in [-0.25, -0.2) is 13.4 Å². The molecule has 0 radical (unpaired) electrons.